The standard InChI is InChI=1S/C13H14N2O3S/c16-12(15-11(4-6-19)13(17)18)9-1-2-10-8(7-9)3-5-14-10/h1-3,5,7,11,14,19H,4,6H2,(H,15,16)(H,17,18). The summed E-state index contributed by atoms with van der Waals surface area (Å²) in [6, 6.07) is 6.12. The van der Waals surface area contributed by atoms with Gasteiger partial charge in [-0.3, -0.25) is 4.79 Å². The van der Waals surface area contributed by atoms with Crippen LogP contribution in [0.1, 0.15) is 16.8 Å². The minimum Gasteiger partial charge on any atom is -0.480 e. The number of benzene rings is 1. The number of amides is 1. The summed E-state index contributed by atoms with van der Waals surface area (Å²) in [5, 5.41) is 12.4. The van der Waals surface area contributed by atoms with E-state index in [0.29, 0.717) is 11.3 Å². The Bertz CT molecular complexity index is 609. The minimum absolute atomic E-state index is 0.288. The number of aromatic nitrogens is 1. The van der Waals surface area contributed by atoms with E-state index in [-0.39, 0.29) is 6.42 Å². The van der Waals surface area contributed by atoms with Crippen LogP contribution in [-0.2, 0) is 4.79 Å². The highest BCUT2D eigenvalue weighted by Crippen LogP contribution is 2.14. The summed E-state index contributed by atoms with van der Waals surface area (Å²) in [6.45, 7) is 0. The first-order valence-corrected chi connectivity index (χ1v) is 6.46. The van der Waals surface area contributed by atoms with Crippen molar-refractivity contribution in [2.75, 3.05) is 5.75 Å². The molecule has 2 aromatic rings. The van der Waals surface area contributed by atoms with Crippen LogP contribution in [0.25, 0.3) is 10.9 Å². The van der Waals surface area contributed by atoms with E-state index < -0.39 is 17.9 Å². The quantitative estimate of drug-likeness (QED) is 0.628. The lowest BCUT2D eigenvalue weighted by atomic mass is 10.1. The minimum atomic E-state index is -1.05. The van der Waals surface area contributed by atoms with Crippen molar-refractivity contribution in [3.05, 3.63) is 36.0 Å². The van der Waals surface area contributed by atoms with Gasteiger partial charge in [0.2, 0.25) is 0 Å². The zero-order valence-electron chi connectivity index (χ0n) is 10.1. The van der Waals surface area contributed by atoms with Crippen molar-refractivity contribution in [3.8, 4) is 0 Å². The van der Waals surface area contributed by atoms with Gasteiger partial charge in [-0.15, -0.1) is 0 Å². The number of carboxylic acids is 1. The molecule has 1 unspecified atom stereocenters. The SMILES string of the molecule is O=C(NC(CCS)C(=O)O)c1ccc2[nH]ccc2c1. The van der Waals surface area contributed by atoms with Crippen molar-refractivity contribution in [1.82, 2.24) is 10.3 Å². The van der Waals surface area contributed by atoms with Crippen LogP contribution in [0.3, 0.4) is 0 Å². The largest absolute Gasteiger partial charge is 0.480 e. The van der Waals surface area contributed by atoms with Crippen LogP contribution in [0.15, 0.2) is 30.5 Å². The number of carbonyl (C=O) groups is 2. The van der Waals surface area contributed by atoms with Gasteiger partial charge in [0, 0.05) is 22.7 Å². The molecular formula is C13H14N2O3S. The van der Waals surface area contributed by atoms with E-state index in [4.69, 9.17) is 5.11 Å². The van der Waals surface area contributed by atoms with Crippen molar-refractivity contribution in [1.29, 1.82) is 0 Å². The maximum absolute atomic E-state index is 12.0. The van der Waals surface area contributed by atoms with E-state index in [0.717, 1.165) is 10.9 Å². The Labute approximate surface area is 115 Å². The molecule has 1 aromatic heterocycles. The lowest BCUT2D eigenvalue weighted by Crippen LogP contribution is -2.41. The summed E-state index contributed by atoms with van der Waals surface area (Å²) in [4.78, 5) is 26.0. The van der Waals surface area contributed by atoms with Gasteiger partial charge in [-0.2, -0.15) is 12.6 Å². The molecule has 2 rings (SSSR count). The Balaban J connectivity index is 2.16. The van der Waals surface area contributed by atoms with Crippen molar-refractivity contribution < 1.29 is 14.7 Å². The molecule has 0 bridgehead atoms. The average molecular weight is 278 g/mol. The summed E-state index contributed by atoms with van der Waals surface area (Å²) in [5.74, 6) is -1.05. The number of aromatic amines is 1. The molecule has 3 N–H and O–H groups in total. The van der Waals surface area contributed by atoms with Crippen molar-refractivity contribution in [2.24, 2.45) is 0 Å². The number of rotatable bonds is 5. The molecule has 1 heterocycles. The zero-order chi connectivity index (χ0) is 13.8. The zero-order valence-corrected chi connectivity index (χ0v) is 11.0. The topological polar surface area (TPSA) is 82.2 Å². The van der Waals surface area contributed by atoms with Crippen LogP contribution in [0.2, 0.25) is 0 Å². The Hall–Kier alpha value is -1.95. The third-order valence-corrected chi connectivity index (χ3v) is 3.09. The average Bonchev–Trinajstić information content (AvgIpc) is 2.85. The van der Waals surface area contributed by atoms with Gasteiger partial charge in [0.1, 0.15) is 6.04 Å². The molecule has 1 atom stereocenters. The monoisotopic (exact) mass is 278 g/mol. The van der Waals surface area contributed by atoms with Gasteiger partial charge in [-0.1, -0.05) is 0 Å². The number of H-pyrrole nitrogens is 1. The maximum atomic E-state index is 12.0. The Kier molecular flexibility index (Phi) is 4.11. The molecule has 1 aromatic carbocycles. The smallest absolute Gasteiger partial charge is 0.326 e. The Morgan fingerprint density at radius 3 is 2.84 bits per heavy atom. The summed E-state index contributed by atoms with van der Waals surface area (Å²) >= 11 is 3.99. The number of nitrogens with one attached hydrogen (secondary N) is 2. The van der Waals surface area contributed by atoms with Gasteiger partial charge in [0.25, 0.3) is 5.91 Å². The summed E-state index contributed by atoms with van der Waals surface area (Å²) in [5.41, 5.74) is 1.37. The van der Waals surface area contributed by atoms with E-state index in [9.17, 15) is 9.59 Å². The Morgan fingerprint density at radius 1 is 1.37 bits per heavy atom. The summed E-state index contributed by atoms with van der Waals surface area (Å²) in [6.07, 6.45) is 2.07. The molecule has 1 amide bonds. The molecule has 19 heavy (non-hydrogen) atoms. The fourth-order valence-electron chi connectivity index (χ4n) is 1.82. The molecular weight excluding hydrogens is 264 g/mol. The number of hydrogen-bond acceptors (Lipinski definition) is 3. The van der Waals surface area contributed by atoms with Crippen LogP contribution in [0.5, 0.6) is 0 Å². The first kappa shape index (κ1) is 13.5. The fourth-order valence-corrected chi connectivity index (χ4v) is 2.08. The molecule has 0 fully saturated rings. The van der Waals surface area contributed by atoms with Gasteiger partial charge in [0.15, 0.2) is 0 Å². The highest BCUT2D eigenvalue weighted by Gasteiger charge is 2.19. The number of thiol groups is 1. The van der Waals surface area contributed by atoms with Crippen LogP contribution >= 0.6 is 12.6 Å². The second kappa shape index (κ2) is 5.79. The summed E-state index contributed by atoms with van der Waals surface area (Å²) in [7, 11) is 0. The molecule has 0 aliphatic heterocycles. The van der Waals surface area contributed by atoms with Crippen LogP contribution < -0.4 is 5.32 Å². The van der Waals surface area contributed by atoms with Crippen LogP contribution in [-0.4, -0.2) is 33.8 Å². The van der Waals surface area contributed by atoms with Crippen LogP contribution in [0, 0.1) is 0 Å². The van der Waals surface area contributed by atoms with Gasteiger partial charge in [-0.05, 0) is 36.4 Å². The third kappa shape index (κ3) is 3.08. The van der Waals surface area contributed by atoms with E-state index in [2.05, 4.69) is 22.9 Å². The first-order chi connectivity index (χ1) is 9.11. The summed E-state index contributed by atoms with van der Waals surface area (Å²) < 4.78 is 0. The molecule has 6 heteroatoms. The highest BCUT2D eigenvalue weighted by molar-refractivity contribution is 7.80. The van der Waals surface area contributed by atoms with Crippen molar-refractivity contribution in [3.63, 3.8) is 0 Å². The number of carboxylic acid groups (broad SMARTS) is 1. The normalized spacial score (nSPS) is 12.3. The van der Waals surface area contributed by atoms with Gasteiger partial charge >= 0.3 is 5.97 Å². The highest BCUT2D eigenvalue weighted by atomic mass is 32.1. The van der Waals surface area contributed by atoms with Crippen molar-refractivity contribution in [2.45, 2.75) is 12.5 Å². The number of fused-ring (bicyclic) bond motifs is 1. The molecule has 5 nitrogen and oxygen atoms in total. The third-order valence-electron chi connectivity index (χ3n) is 2.84. The van der Waals surface area contributed by atoms with Gasteiger partial charge < -0.3 is 15.4 Å². The van der Waals surface area contributed by atoms with E-state index in [1.54, 1.807) is 24.4 Å². The predicted molar refractivity (Wildman–Crippen MR) is 75.7 cm³/mol. The van der Waals surface area contributed by atoms with Gasteiger partial charge in [0.05, 0.1) is 0 Å². The number of hydrogen-bond donors (Lipinski definition) is 4. The Morgan fingerprint density at radius 2 is 2.16 bits per heavy atom. The lowest BCUT2D eigenvalue weighted by molar-refractivity contribution is -0.139. The molecule has 0 aliphatic rings. The van der Waals surface area contributed by atoms with E-state index in [1.165, 1.54) is 0 Å². The second-order valence-corrected chi connectivity index (χ2v) is 4.60. The molecule has 0 aliphatic carbocycles. The van der Waals surface area contributed by atoms with E-state index >= 15 is 0 Å². The molecule has 0 radical (unpaired) electrons. The number of aliphatic carboxylic acids is 1. The molecule has 0 saturated heterocycles. The molecule has 0 spiro atoms. The lowest BCUT2D eigenvalue weighted by Gasteiger charge is -2.13. The first-order valence-electron chi connectivity index (χ1n) is 5.83. The second-order valence-electron chi connectivity index (χ2n) is 4.16. The molecule has 100 valence electrons. The van der Waals surface area contributed by atoms with Crippen LogP contribution in [0.4, 0.5) is 0 Å². The fraction of sp³-hybridized carbons (Fsp3) is 0.231. The van der Waals surface area contributed by atoms with Gasteiger partial charge in [-0.25, -0.2) is 4.79 Å². The molecule has 0 saturated carbocycles. The maximum Gasteiger partial charge on any atom is 0.326 e. The predicted octanol–water partition coefficient (Wildman–Crippen LogP) is 1.67. The number of carbonyl (C=O) groups excluding carboxylic acids is 1. The van der Waals surface area contributed by atoms with Crippen molar-refractivity contribution >= 4 is 35.4 Å². The van der Waals surface area contributed by atoms with E-state index in [1.807, 2.05) is 6.07 Å².